The molecule has 1 aliphatic rings. The highest BCUT2D eigenvalue weighted by Gasteiger charge is 2.26. The van der Waals surface area contributed by atoms with Crippen molar-refractivity contribution in [3.05, 3.63) is 59.2 Å². The Labute approximate surface area is 124 Å². The molecule has 1 atom stereocenters. The maximum Gasteiger partial charge on any atom is 0.159 e. The van der Waals surface area contributed by atoms with Crippen LogP contribution < -0.4 is 10.1 Å². The first-order valence-corrected chi connectivity index (χ1v) is 7.18. The monoisotopic (exact) mass is 281 g/mol. The number of carbonyl (C=O) groups is 1. The molecule has 0 aromatic heterocycles. The minimum Gasteiger partial charge on any atom is -0.496 e. The Morgan fingerprint density at radius 1 is 1.29 bits per heavy atom. The molecule has 3 nitrogen and oxygen atoms in total. The number of benzene rings is 2. The number of methoxy groups -OCH3 is 1. The summed E-state index contributed by atoms with van der Waals surface area (Å²) in [5.41, 5.74) is 4.39. The number of hydrogen-bond donors (Lipinski definition) is 1. The summed E-state index contributed by atoms with van der Waals surface area (Å²) in [6, 6.07) is 13.9. The second kappa shape index (κ2) is 5.60. The highest BCUT2D eigenvalue weighted by Crippen LogP contribution is 2.27. The summed E-state index contributed by atoms with van der Waals surface area (Å²) >= 11 is 0. The van der Waals surface area contributed by atoms with E-state index in [4.69, 9.17) is 4.74 Å². The van der Waals surface area contributed by atoms with Crippen LogP contribution in [0.3, 0.4) is 0 Å². The molecule has 21 heavy (non-hydrogen) atoms. The second-order valence-electron chi connectivity index (χ2n) is 5.52. The molecular formula is C18H19NO2. The lowest BCUT2D eigenvalue weighted by molar-refractivity contribution is -0.119. The largest absolute Gasteiger partial charge is 0.496 e. The number of ketones is 1. The van der Waals surface area contributed by atoms with Crippen LogP contribution in [0.1, 0.15) is 16.7 Å². The zero-order valence-electron chi connectivity index (χ0n) is 12.3. The fourth-order valence-corrected chi connectivity index (χ4v) is 2.85. The summed E-state index contributed by atoms with van der Waals surface area (Å²) in [5.74, 6) is 0.986. The Hall–Kier alpha value is -2.29. The summed E-state index contributed by atoms with van der Waals surface area (Å²) in [6.45, 7) is 2.02. The number of carbonyl (C=O) groups excluding carboxylic acids is 1. The zero-order valence-corrected chi connectivity index (χ0v) is 12.3. The van der Waals surface area contributed by atoms with Crippen LogP contribution in [0.5, 0.6) is 5.75 Å². The fraction of sp³-hybridized carbons (Fsp3) is 0.278. The normalized spacial score (nSPS) is 16.2. The van der Waals surface area contributed by atoms with Gasteiger partial charge in [-0.2, -0.15) is 0 Å². The van der Waals surface area contributed by atoms with Gasteiger partial charge in [-0.15, -0.1) is 0 Å². The van der Waals surface area contributed by atoms with E-state index in [0.717, 1.165) is 29.0 Å². The molecule has 2 aromatic rings. The molecule has 3 rings (SSSR count). The van der Waals surface area contributed by atoms with E-state index in [0.29, 0.717) is 6.42 Å². The van der Waals surface area contributed by atoms with E-state index in [-0.39, 0.29) is 11.8 Å². The van der Waals surface area contributed by atoms with Crippen molar-refractivity contribution >= 4 is 11.5 Å². The number of para-hydroxylation sites is 1. The van der Waals surface area contributed by atoms with Gasteiger partial charge in [0.1, 0.15) is 5.75 Å². The van der Waals surface area contributed by atoms with Crippen molar-refractivity contribution < 1.29 is 9.53 Å². The smallest absolute Gasteiger partial charge is 0.159 e. The molecule has 0 amide bonds. The lowest BCUT2D eigenvalue weighted by atomic mass is 9.99. The fourth-order valence-electron chi connectivity index (χ4n) is 2.85. The third kappa shape index (κ3) is 2.77. The molecule has 0 bridgehead atoms. The molecule has 0 saturated carbocycles. The number of Topliss-reactive ketones (excluding diaryl/α,β-unsaturated/α-hetero) is 1. The number of anilines is 1. The minimum absolute atomic E-state index is 0.132. The Morgan fingerprint density at radius 2 is 2.10 bits per heavy atom. The van der Waals surface area contributed by atoms with Gasteiger partial charge in [0, 0.05) is 24.1 Å². The summed E-state index contributed by atoms with van der Waals surface area (Å²) in [4.78, 5) is 12.5. The summed E-state index contributed by atoms with van der Waals surface area (Å²) < 4.78 is 5.35. The first-order chi connectivity index (χ1) is 10.2. The molecule has 1 N–H and O–H groups in total. The van der Waals surface area contributed by atoms with Gasteiger partial charge >= 0.3 is 0 Å². The highest BCUT2D eigenvalue weighted by atomic mass is 16.5. The first kappa shape index (κ1) is 13.7. The van der Waals surface area contributed by atoms with Gasteiger partial charge in [-0.25, -0.2) is 0 Å². The Kier molecular flexibility index (Phi) is 3.65. The molecule has 0 saturated heterocycles. The molecule has 0 spiro atoms. The van der Waals surface area contributed by atoms with Gasteiger partial charge in [-0.05, 0) is 24.6 Å². The van der Waals surface area contributed by atoms with E-state index in [1.165, 1.54) is 5.56 Å². The maximum absolute atomic E-state index is 12.5. The molecule has 1 aliphatic heterocycles. The number of nitrogens with one attached hydrogen (secondary N) is 1. The highest BCUT2D eigenvalue weighted by molar-refractivity contribution is 5.91. The quantitative estimate of drug-likeness (QED) is 0.935. The first-order valence-electron chi connectivity index (χ1n) is 7.18. The van der Waals surface area contributed by atoms with Gasteiger partial charge < -0.3 is 10.1 Å². The molecule has 0 radical (unpaired) electrons. The average Bonchev–Trinajstić information content (AvgIpc) is 2.91. The SMILES string of the molecule is COc1ccc(C)cc1CC(=O)C1Cc2ccccc2N1. The average molecular weight is 281 g/mol. The third-order valence-corrected chi connectivity index (χ3v) is 3.96. The zero-order chi connectivity index (χ0) is 14.8. The molecule has 3 heteroatoms. The van der Waals surface area contributed by atoms with Gasteiger partial charge in [-0.3, -0.25) is 4.79 Å². The van der Waals surface area contributed by atoms with Crippen LogP contribution >= 0.6 is 0 Å². The van der Waals surface area contributed by atoms with Gasteiger partial charge in [0.05, 0.1) is 13.2 Å². The molecule has 108 valence electrons. The van der Waals surface area contributed by atoms with E-state index in [9.17, 15) is 4.79 Å². The maximum atomic E-state index is 12.5. The van der Waals surface area contributed by atoms with Crippen LogP contribution in [0.2, 0.25) is 0 Å². The molecule has 1 unspecified atom stereocenters. The van der Waals surface area contributed by atoms with Crippen molar-refractivity contribution in [1.29, 1.82) is 0 Å². The van der Waals surface area contributed by atoms with Crippen LogP contribution in [-0.4, -0.2) is 18.9 Å². The van der Waals surface area contributed by atoms with Crippen molar-refractivity contribution in [2.75, 3.05) is 12.4 Å². The lowest BCUT2D eigenvalue weighted by Crippen LogP contribution is -2.28. The molecule has 1 heterocycles. The number of fused-ring (bicyclic) bond motifs is 1. The summed E-state index contributed by atoms with van der Waals surface area (Å²) in [7, 11) is 1.64. The van der Waals surface area contributed by atoms with Crippen LogP contribution in [0.4, 0.5) is 5.69 Å². The van der Waals surface area contributed by atoms with E-state index in [1.807, 2.05) is 43.3 Å². The van der Waals surface area contributed by atoms with Crippen LogP contribution in [0.15, 0.2) is 42.5 Å². The third-order valence-electron chi connectivity index (χ3n) is 3.96. The second-order valence-corrected chi connectivity index (χ2v) is 5.52. The molecule has 0 aliphatic carbocycles. The van der Waals surface area contributed by atoms with E-state index in [1.54, 1.807) is 7.11 Å². The topological polar surface area (TPSA) is 38.3 Å². The van der Waals surface area contributed by atoms with E-state index >= 15 is 0 Å². The molecular weight excluding hydrogens is 262 g/mol. The van der Waals surface area contributed by atoms with Crippen LogP contribution in [0.25, 0.3) is 0 Å². The van der Waals surface area contributed by atoms with Crippen molar-refractivity contribution in [2.24, 2.45) is 0 Å². The van der Waals surface area contributed by atoms with Crippen molar-refractivity contribution in [2.45, 2.75) is 25.8 Å². The van der Waals surface area contributed by atoms with E-state index in [2.05, 4.69) is 11.4 Å². The van der Waals surface area contributed by atoms with Gasteiger partial charge in [0.25, 0.3) is 0 Å². The standard InChI is InChI=1S/C18H19NO2/c1-12-7-8-18(21-2)14(9-12)11-17(20)16-10-13-5-3-4-6-15(13)19-16/h3-9,16,19H,10-11H2,1-2H3. The predicted molar refractivity (Wildman–Crippen MR) is 84.0 cm³/mol. The Balaban J connectivity index is 1.75. The lowest BCUT2D eigenvalue weighted by Gasteiger charge is -2.13. The van der Waals surface area contributed by atoms with Crippen LogP contribution in [-0.2, 0) is 17.6 Å². The number of rotatable bonds is 4. The number of hydrogen-bond acceptors (Lipinski definition) is 3. The minimum atomic E-state index is -0.132. The van der Waals surface area contributed by atoms with Crippen molar-refractivity contribution in [3.8, 4) is 5.75 Å². The Morgan fingerprint density at radius 3 is 2.86 bits per heavy atom. The van der Waals surface area contributed by atoms with Crippen molar-refractivity contribution in [1.82, 2.24) is 0 Å². The molecule has 0 fully saturated rings. The molecule has 2 aromatic carbocycles. The number of ether oxygens (including phenoxy) is 1. The summed E-state index contributed by atoms with van der Waals surface area (Å²) in [5, 5.41) is 3.32. The van der Waals surface area contributed by atoms with E-state index < -0.39 is 0 Å². The van der Waals surface area contributed by atoms with Gasteiger partial charge in [0.2, 0.25) is 0 Å². The summed E-state index contributed by atoms with van der Waals surface area (Å²) in [6.07, 6.45) is 1.17. The number of aryl methyl sites for hydroxylation is 1. The Bertz CT molecular complexity index is 654. The van der Waals surface area contributed by atoms with Crippen LogP contribution in [0, 0.1) is 6.92 Å². The van der Waals surface area contributed by atoms with Gasteiger partial charge in [0.15, 0.2) is 5.78 Å². The van der Waals surface area contributed by atoms with Gasteiger partial charge in [-0.1, -0.05) is 35.9 Å². The predicted octanol–water partition coefficient (Wildman–Crippen LogP) is 3.15. The van der Waals surface area contributed by atoms with Crippen molar-refractivity contribution in [3.63, 3.8) is 0 Å².